The number of rotatable bonds is 7. The number of amides is 1. The molecule has 0 radical (unpaired) electrons. The van der Waals surface area contributed by atoms with E-state index in [9.17, 15) is 13.2 Å². The van der Waals surface area contributed by atoms with E-state index in [1.54, 1.807) is 24.3 Å². The van der Waals surface area contributed by atoms with Gasteiger partial charge in [-0.3, -0.25) is 4.79 Å². The highest BCUT2D eigenvalue weighted by atomic mass is 32.2. The molecule has 36 heavy (non-hydrogen) atoms. The number of piperidine rings is 1. The van der Waals surface area contributed by atoms with Gasteiger partial charge in [-0.25, -0.2) is 23.1 Å². The van der Waals surface area contributed by atoms with Crippen LogP contribution in [0.2, 0.25) is 0 Å². The van der Waals surface area contributed by atoms with Gasteiger partial charge in [0.1, 0.15) is 5.75 Å². The first-order valence-electron chi connectivity index (χ1n) is 11.9. The molecule has 1 aromatic heterocycles. The van der Waals surface area contributed by atoms with Crippen LogP contribution in [0.4, 0.5) is 5.82 Å². The summed E-state index contributed by atoms with van der Waals surface area (Å²) in [4.78, 5) is 21.6. The van der Waals surface area contributed by atoms with Crippen molar-refractivity contribution in [1.29, 1.82) is 0 Å². The minimum absolute atomic E-state index is 0.0191. The quantitative estimate of drug-likeness (QED) is 0.376. The highest BCUT2D eigenvalue weighted by Gasteiger charge is 2.21. The Morgan fingerprint density at radius 3 is 2.94 bits per heavy atom. The second-order valence-electron chi connectivity index (χ2n) is 8.90. The summed E-state index contributed by atoms with van der Waals surface area (Å²) < 4.78 is 33.8. The first-order valence-corrected chi connectivity index (χ1v) is 13.4. The number of nitrogens with zero attached hydrogens (tertiary/aromatic N) is 2. The van der Waals surface area contributed by atoms with Gasteiger partial charge in [0.15, 0.2) is 11.5 Å². The molecule has 0 aliphatic carbocycles. The number of aromatic nitrogens is 2. The molecule has 1 saturated heterocycles. The molecule has 2 aliphatic rings. The lowest BCUT2D eigenvalue weighted by Crippen LogP contribution is -2.46. The number of ether oxygens (including phenoxy) is 1. The van der Waals surface area contributed by atoms with Crippen molar-refractivity contribution in [2.75, 3.05) is 25.4 Å². The van der Waals surface area contributed by atoms with Crippen LogP contribution >= 0.6 is 0 Å². The fourth-order valence-corrected chi connectivity index (χ4v) is 5.43. The number of hydrogen-bond donors (Lipinski definition) is 4. The van der Waals surface area contributed by atoms with Gasteiger partial charge in [-0.2, -0.15) is 0 Å². The maximum atomic E-state index is 12.8. The molecule has 2 aliphatic heterocycles. The summed E-state index contributed by atoms with van der Waals surface area (Å²) in [7, 11) is -3.70. The average Bonchev–Trinajstić information content (AvgIpc) is 3.37. The molecular formula is C25H28N6O4S. The van der Waals surface area contributed by atoms with E-state index in [0.717, 1.165) is 36.3 Å². The largest absolute Gasteiger partial charge is 0.493 e. The van der Waals surface area contributed by atoms with Crippen LogP contribution in [0.15, 0.2) is 53.6 Å². The van der Waals surface area contributed by atoms with E-state index in [1.807, 2.05) is 18.2 Å². The summed E-state index contributed by atoms with van der Waals surface area (Å²) in [5, 5.41) is 6.22. The topological polar surface area (TPSA) is 148 Å². The fraction of sp³-hybridized carbons (Fsp3) is 0.320. The normalized spacial score (nSPS) is 17.3. The van der Waals surface area contributed by atoms with Crippen molar-refractivity contribution < 1.29 is 17.9 Å². The molecule has 1 atom stereocenters. The maximum Gasteiger partial charge on any atom is 0.274 e. The lowest BCUT2D eigenvalue weighted by atomic mass is 10.1. The van der Waals surface area contributed by atoms with Gasteiger partial charge in [-0.1, -0.05) is 18.2 Å². The third-order valence-electron chi connectivity index (χ3n) is 6.31. The third kappa shape index (κ3) is 5.32. The Morgan fingerprint density at radius 1 is 1.22 bits per heavy atom. The predicted octanol–water partition coefficient (Wildman–Crippen LogP) is 1.62. The number of hydrogen-bond acceptors (Lipinski definition) is 8. The van der Waals surface area contributed by atoms with Gasteiger partial charge in [-0.15, -0.1) is 0 Å². The minimum atomic E-state index is -3.70. The number of carbonyl (C=O) groups excluding carboxylic acids is 1. The van der Waals surface area contributed by atoms with Crippen LogP contribution in [-0.4, -0.2) is 50.0 Å². The van der Waals surface area contributed by atoms with Crippen LogP contribution in [-0.2, 0) is 23.0 Å². The fourth-order valence-electron chi connectivity index (χ4n) is 4.37. The Morgan fingerprint density at radius 2 is 2.11 bits per heavy atom. The second-order valence-corrected chi connectivity index (χ2v) is 10.7. The van der Waals surface area contributed by atoms with Crippen LogP contribution in [0.5, 0.6) is 5.75 Å². The number of sulfonamides is 1. The molecule has 0 unspecified atom stereocenters. The maximum absolute atomic E-state index is 12.8. The monoisotopic (exact) mass is 508 g/mol. The van der Waals surface area contributed by atoms with E-state index >= 15 is 0 Å². The summed E-state index contributed by atoms with van der Waals surface area (Å²) >= 11 is 0. The van der Waals surface area contributed by atoms with Gasteiger partial charge in [-0.05, 0) is 54.8 Å². The Hall–Kier alpha value is -3.54. The molecule has 10 nitrogen and oxygen atoms in total. The van der Waals surface area contributed by atoms with Gasteiger partial charge in [0.05, 0.1) is 23.4 Å². The first kappa shape index (κ1) is 24.2. The number of anilines is 1. The van der Waals surface area contributed by atoms with Crippen LogP contribution in [0, 0.1) is 0 Å². The van der Waals surface area contributed by atoms with Crippen LogP contribution in [0.3, 0.4) is 0 Å². The van der Waals surface area contributed by atoms with Crippen molar-refractivity contribution in [2.45, 2.75) is 36.7 Å². The molecule has 0 bridgehead atoms. The van der Waals surface area contributed by atoms with E-state index < -0.39 is 10.0 Å². The van der Waals surface area contributed by atoms with Gasteiger partial charge < -0.3 is 21.1 Å². The molecule has 3 heterocycles. The molecular weight excluding hydrogens is 480 g/mol. The Balaban J connectivity index is 1.30. The van der Waals surface area contributed by atoms with Crippen molar-refractivity contribution in [3.63, 3.8) is 0 Å². The predicted molar refractivity (Wildman–Crippen MR) is 135 cm³/mol. The highest BCUT2D eigenvalue weighted by molar-refractivity contribution is 7.89. The number of carbonyl (C=O) groups is 1. The van der Waals surface area contributed by atoms with Crippen LogP contribution < -0.4 is 25.8 Å². The number of benzene rings is 2. The second kappa shape index (κ2) is 10.2. The number of nitrogens with one attached hydrogen (secondary N) is 3. The van der Waals surface area contributed by atoms with Gasteiger partial charge in [0.25, 0.3) is 5.91 Å². The SMILES string of the molecule is Nc1ncc(-c2cccc(CNS(=O)(=O)c3ccc4c(c3)CCO4)c2)nc1C(=O)N[C@H]1CCCNC1. The smallest absolute Gasteiger partial charge is 0.274 e. The van der Waals surface area contributed by atoms with Crippen LogP contribution in [0.25, 0.3) is 11.3 Å². The molecule has 0 saturated carbocycles. The van der Waals surface area contributed by atoms with Crippen LogP contribution in [0.1, 0.15) is 34.5 Å². The zero-order valence-electron chi connectivity index (χ0n) is 19.7. The average molecular weight is 509 g/mol. The Bertz CT molecular complexity index is 1390. The van der Waals surface area contributed by atoms with Gasteiger partial charge in [0.2, 0.25) is 10.0 Å². The van der Waals surface area contributed by atoms with Gasteiger partial charge >= 0.3 is 0 Å². The third-order valence-corrected chi connectivity index (χ3v) is 7.71. The first-order chi connectivity index (χ1) is 17.4. The van der Waals surface area contributed by atoms with E-state index in [4.69, 9.17) is 10.5 Å². The molecule has 0 spiro atoms. The van der Waals surface area contributed by atoms with E-state index in [2.05, 4.69) is 25.3 Å². The Kier molecular flexibility index (Phi) is 6.86. The summed E-state index contributed by atoms with van der Waals surface area (Å²) in [5.74, 6) is 0.428. The van der Waals surface area contributed by atoms with Crippen molar-refractivity contribution >= 4 is 21.7 Å². The Labute approximate surface area is 209 Å². The lowest BCUT2D eigenvalue weighted by molar-refractivity contribution is 0.0926. The zero-order chi connectivity index (χ0) is 25.1. The minimum Gasteiger partial charge on any atom is -0.493 e. The molecule has 3 aromatic rings. The summed E-state index contributed by atoms with van der Waals surface area (Å²) in [6, 6.07) is 12.2. The summed E-state index contributed by atoms with van der Waals surface area (Å²) in [5.41, 5.74) is 8.82. The van der Waals surface area contributed by atoms with E-state index in [-0.39, 0.29) is 34.9 Å². The molecule has 11 heteroatoms. The zero-order valence-corrected chi connectivity index (χ0v) is 20.5. The molecule has 5 rings (SSSR count). The van der Waals surface area contributed by atoms with E-state index in [1.165, 1.54) is 6.20 Å². The lowest BCUT2D eigenvalue weighted by Gasteiger charge is -2.23. The molecule has 1 amide bonds. The number of nitrogens with two attached hydrogens (primary N) is 1. The molecule has 2 aromatic carbocycles. The highest BCUT2D eigenvalue weighted by Crippen LogP contribution is 2.27. The summed E-state index contributed by atoms with van der Waals surface area (Å²) in [6.07, 6.45) is 4.08. The standard InChI is InChI=1S/C25H28N6O4S/c26-24-23(25(32)30-19-5-2-9-27-14-19)31-21(15-28-24)17-4-1-3-16(11-17)13-29-36(33,34)20-6-7-22-18(12-20)8-10-35-22/h1,3-4,6-7,11-12,15,19,27,29H,2,5,8-10,13-14H2,(H2,26,28)(H,30,32)/t19-/m0/s1. The number of nitrogen functional groups attached to an aromatic ring is 1. The van der Waals surface area contributed by atoms with Gasteiger partial charge in [0, 0.05) is 31.1 Å². The van der Waals surface area contributed by atoms with Crippen molar-refractivity contribution in [2.24, 2.45) is 0 Å². The summed E-state index contributed by atoms with van der Waals surface area (Å²) in [6.45, 7) is 2.30. The van der Waals surface area contributed by atoms with Crippen molar-refractivity contribution in [1.82, 2.24) is 25.3 Å². The van der Waals surface area contributed by atoms with E-state index in [0.29, 0.717) is 30.8 Å². The van der Waals surface area contributed by atoms with Crippen molar-refractivity contribution in [3.05, 3.63) is 65.5 Å². The number of fused-ring (bicyclic) bond motifs is 1. The molecule has 1 fully saturated rings. The molecule has 188 valence electrons. The van der Waals surface area contributed by atoms with Crippen molar-refractivity contribution in [3.8, 4) is 17.0 Å². The molecule has 5 N–H and O–H groups in total.